The summed E-state index contributed by atoms with van der Waals surface area (Å²) in [6.45, 7) is 6.81. The van der Waals surface area contributed by atoms with Crippen molar-refractivity contribution in [2.24, 2.45) is 35.0 Å². The van der Waals surface area contributed by atoms with E-state index >= 15 is 0 Å². The fourth-order valence-corrected chi connectivity index (χ4v) is 5.80. The van der Waals surface area contributed by atoms with Gasteiger partial charge in [0.2, 0.25) is 0 Å². The molecule has 0 bridgehead atoms. The van der Waals surface area contributed by atoms with Crippen LogP contribution in [0.25, 0.3) is 0 Å². The van der Waals surface area contributed by atoms with Gasteiger partial charge in [0, 0.05) is 5.92 Å². The molecule has 0 saturated heterocycles. The van der Waals surface area contributed by atoms with Gasteiger partial charge >= 0.3 is 0 Å². The first-order valence-electron chi connectivity index (χ1n) is 8.02. The molecule has 3 aliphatic rings. The number of hydrogen-bond acceptors (Lipinski definition) is 1. The molecule has 102 valence electrons. The highest BCUT2D eigenvalue weighted by atomic mass is 16.1. The third kappa shape index (κ3) is 1.77. The van der Waals surface area contributed by atoms with Crippen molar-refractivity contribution in [3.05, 3.63) is 0 Å². The molecule has 0 heterocycles. The number of fused-ring (bicyclic) bond motifs is 3. The summed E-state index contributed by atoms with van der Waals surface area (Å²) in [6.07, 6.45) is 9.53. The molecule has 1 nitrogen and oxygen atoms in total. The summed E-state index contributed by atoms with van der Waals surface area (Å²) < 4.78 is 0. The van der Waals surface area contributed by atoms with E-state index in [0.29, 0.717) is 17.1 Å². The average molecular weight is 248 g/mol. The van der Waals surface area contributed by atoms with Gasteiger partial charge in [-0.05, 0) is 68.1 Å². The molecule has 3 saturated carbocycles. The maximum Gasteiger partial charge on any atom is 0.132 e. The molecule has 5 atom stereocenters. The molecular weight excluding hydrogens is 220 g/mol. The van der Waals surface area contributed by atoms with Crippen LogP contribution < -0.4 is 0 Å². The highest BCUT2D eigenvalue weighted by Crippen LogP contribution is 2.63. The Hall–Kier alpha value is -0.330. The topological polar surface area (TPSA) is 17.1 Å². The quantitative estimate of drug-likeness (QED) is 0.670. The lowest BCUT2D eigenvalue weighted by molar-refractivity contribution is -0.123. The second kappa shape index (κ2) is 4.35. The van der Waals surface area contributed by atoms with Crippen LogP contribution in [0, 0.1) is 35.0 Å². The lowest BCUT2D eigenvalue weighted by atomic mass is 9.65. The lowest BCUT2D eigenvalue weighted by Gasteiger charge is -2.39. The maximum atomic E-state index is 11.7. The zero-order valence-electron chi connectivity index (χ0n) is 12.2. The van der Waals surface area contributed by atoms with Crippen molar-refractivity contribution in [3.8, 4) is 0 Å². The third-order valence-electron chi connectivity index (χ3n) is 6.76. The van der Waals surface area contributed by atoms with Gasteiger partial charge in [0.25, 0.3) is 0 Å². The van der Waals surface area contributed by atoms with E-state index in [2.05, 4.69) is 13.8 Å². The fourth-order valence-electron chi connectivity index (χ4n) is 5.80. The standard InChI is InChI=1S/C17H28O/c1-11(18)12-8-9-14-13-6-4-5-7-15(13)17(2,3)16(14)10-12/h12-16H,4-10H2,1-3H3. The van der Waals surface area contributed by atoms with Crippen molar-refractivity contribution in [2.45, 2.75) is 65.7 Å². The van der Waals surface area contributed by atoms with E-state index in [1.807, 2.05) is 0 Å². The van der Waals surface area contributed by atoms with E-state index in [1.165, 1.54) is 44.9 Å². The second-order valence-corrected chi connectivity index (χ2v) is 7.77. The summed E-state index contributed by atoms with van der Waals surface area (Å²) in [5.41, 5.74) is 0.490. The smallest absolute Gasteiger partial charge is 0.132 e. The van der Waals surface area contributed by atoms with Crippen LogP contribution in [0.4, 0.5) is 0 Å². The van der Waals surface area contributed by atoms with Gasteiger partial charge in [-0.15, -0.1) is 0 Å². The number of carbonyl (C=O) groups is 1. The number of ketones is 1. The lowest BCUT2D eigenvalue weighted by Crippen LogP contribution is -2.33. The van der Waals surface area contributed by atoms with Crippen molar-refractivity contribution in [2.75, 3.05) is 0 Å². The van der Waals surface area contributed by atoms with Crippen molar-refractivity contribution >= 4 is 5.78 Å². The Morgan fingerprint density at radius 2 is 1.61 bits per heavy atom. The molecule has 0 aliphatic heterocycles. The van der Waals surface area contributed by atoms with Gasteiger partial charge in [-0.2, -0.15) is 0 Å². The average Bonchev–Trinajstić information content (AvgIpc) is 2.59. The summed E-state index contributed by atoms with van der Waals surface area (Å²) in [7, 11) is 0. The predicted octanol–water partition coefficient (Wildman–Crippen LogP) is 4.45. The highest BCUT2D eigenvalue weighted by Gasteiger charge is 2.56. The molecule has 5 unspecified atom stereocenters. The van der Waals surface area contributed by atoms with Gasteiger partial charge < -0.3 is 0 Å². The highest BCUT2D eigenvalue weighted by molar-refractivity contribution is 5.78. The minimum absolute atomic E-state index is 0.380. The molecule has 0 amide bonds. The molecule has 3 rings (SSSR count). The van der Waals surface area contributed by atoms with Gasteiger partial charge in [0.1, 0.15) is 5.78 Å². The molecule has 0 spiro atoms. The van der Waals surface area contributed by atoms with Gasteiger partial charge in [0.15, 0.2) is 0 Å². The number of Topliss-reactive ketones (excluding diaryl/α,β-unsaturated/α-hetero) is 1. The van der Waals surface area contributed by atoms with Gasteiger partial charge in [-0.3, -0.25) is 4.79 Å². The minimum Gasteiger partial charge on any atom is -0.300 e. The number of carbonyl (C=O) groups excluding carboxylic acids is 1. The molecule has 0 N–H and O–H groups in total. The Labute approximate surface area is 112 Å². The Bertz CT molecular complexity index is 344. The second-order valence-electron chi connectivity index (χ2n) is 7.77. The van der Waals surface area contributed by atoms with Crippen molar-refractivity contribution in [3.63, 3.8) is 0 Å². The van der Waals surface area contributed by atoms with E-state index in [9.17, 15) is 4.79 Å². The first-order valence-corrected chi connectivity index (χ1v) is 8.02. The third-order valence-corrected chi connectivity index (χ3v) is 6.76. The summed E-state index contributed by atoms with van der Waals surface area (Å²) in [4.78, 5) is 11.7. The summed E-state index contributed by atoms with van der Waals surface area (Å²) in [5, 5.41) is 0. The summed E-state index contributed by atoms with van der Waals surface area (Å²) >= 11 is 0. The minimum atomic E-state index is 0.380. The van der Waals surface area contributed by atoms with Crippen molar-refractivity contribution in [1.29, 1.82) is 0 Å². The predicted molar refractivity (Wildman–Crippen MR) is 74.2 cm³/mol. The van der Waals surface area contributed by atoms with Crippen LogP contribution in [0.5, 0.6) is 0 Å². The SMILES string of the molecule is CC(=O)C1CCC2C3CCCCC3C(C)(C)C2C1. The summed E-state index contributed by atoms with van der Waals surface area (Å²) in [5.74, 6) is 4.54. The van der Waals surface area contributed by atoms with Crippen LogP contribution in [-0.4, -0.2) is 5.78 Å². The van der Waals surface area contributed by atoms with E-state index in [-0.39, 0.29) is 0 Å². The van der Waals surface area contributed by atoms with Gasteiger partial charge in [-0.25, -0.2) is 0 Å². The van der Waals surface area contributed by atoms with Gasteiger partial charge in [-0.1, -0.05) is 26.7 Å². The monoisotopic (exact) mass is 248 g/mol. The molecule has 0 radical (unpaired) electrons. The summed E-state index contributed by atoms with van der Waals surface area (Å²) in [6, 6.07) is 0. The normalized spacial score (nSPS) is 46.3. The Morgan fingerprint density at radius 1 is 0.944 bits per heavy atom. The van der Waals surface area contributed by atoms with Crippen LogP contribution in [0.2, 0.25) is 0 Å². The van der Waals surface area contributed by atoms with Crippen LogP contribution in [0.3, 0.4) is 0 Å². The molecule has 3 fully saturated rings. The molecule has 0 aromatic rings. The van der Waals surface area contributed by atoms with E-state index in [1.54, 1.807) is 6.92 Å². The molecule has 0 aromatic carbocycles. The first kappa shape index (κ1) is 12.7. The van der Waals surface area contributed by atoms with E-state index < -0.39 is 0 Å². The number of rotatable bonds is 1. The Balaban J connectivity index is 1.85. The molecule has 18 heavy (non-hydrogen) atoms. The molecular formula is C17H28O. The van der Waals surface area contributed by atoms with E-state index in [4.69, 9.17) is 0 Å². The van der Waals surface area contributed by atoms with Crippen molar-refractivity contribution < 1.29 is 4.79 Å². The first-order chi connectivity index (χ1) is 8.51. The number of hydrogen-bond donors (Lipinski definition) is 0. The zero-order valence-corrected chi connectivity index (χ0v) is 12.2. The Morgan fingerprint density at radius 3 is 2.33 bits per heavy atom. The Kier molecular flexibility index (Phi) is 3.07. The van der Waals surface area contributed by atoms with E-state index in [0.717, 1.165) is 23.7 Å². The largest absolute Gasteiger partial charge is 0.300 e. The van der Waals surface area contributed by atoms with Gasteiger partial charge in [0.05, 0.1) is 0 Å². The molecule has 3 aliphatic carbocycles. The maximum absolute atomic E-state index is 11.7. The van der Waals surface area contributed by atoms with Crippen LogP contribution >= 0.6 is 0 Å². The zero-order chi connectivity index (χ0) is 12.9. The molecule has 0 aromatic heterocycles. The van der Waals surface area contributed by atoms with Crippen LogP contribution in [0.15, 0.2) is 0 Å². The fraction of sp³-hybridized carbons (Fsp3) is 0.941. The van der Waals surface area contributed by atoms with Crippen LogP contribution in [-0.2, 0) is 4.79 Å². The molecule has 1 heteroatoms. The van der Waals surface area contributed by atoms with Crippen molar-refractivity contribution in [1.82, 2.24) is 0 Å². The van der Waals surface area contributed by atoms with Crippen LogP contribution in [0.1, 0.15) is 65.7 Å².